The van der Waals surface area contributed by atoms with Crippen LogP contribution in [-0.4, -0.2) is 48.9 Å². The zero-order valence-electron chi connectivity index (χ0n) is 15.6. The molecular weight excluding hydrogens is 322 g/mol. The summed E-state index contributed by atoms with van der Waals surface area (Å²) in [5.41, 5.74) is 4.31. The molecule has 2 aromatic carbocycles. The monoisotopic (exact) mass is 349 g/mol. The number of piperazine rings is 1. The molecule has 0 bridgehead atoms. The van der Waals surface area contributed by atoms with E-state index in [1.165, 1.54) is 11.1 Å². The highest BCUT2D eigenvalue weighted by Crippen LogP contribution is 2.14. The number of nitrogens with zero attached hydrogens (tertiary/aromatic N) is 2. The first kappa shape index (κ1) is 18.4. The Hall–Kier alpha value is -2.43. The molecule has 0 aromatic heterocycles. The van der Waals surface area contributed by atoms with Crippen LogP contribution in [0.25, 0.3) is 6.08 Å². The molecule has 0 saturated carbocycles. The molecule has 26 heavy (non-hydrogen) atoms. The number of rotatable bonds is 5. The fourth-order valence-electron chi connectivity index (χ4n) is 3.05. The SMILES string of the molecule is Cc1ccc(/C=C/C(=O)Nc2cccc(CN3CCN(C)CC3)c2)cc1. The van der Waals surface area contributed by atoms with Gasteiger partial charge >= 0.3 is 0 Å². The predicted molar refractivity (Wildman–Crippen MR) is 108 cm³/mol. The van der Waals surface area contributed by atoms with Crippen LogP contribution in [0.4, 0.5) is 5.69 Å². The number of anilines is 1. The van der Waals surface area contributed by atoms with E-state index >= 15 is 0 Å². The van der Waals surface area contributed by atoms with Crippen LogP contribution in [0.3, 0.4) is 0 Å². The highest BCUT2D eigenvalue weighted by molar-refractivity contribution is 6.01. The third-order valence-electron chi connectivity index (χ3n) is 4.70. The van der Waals surface area contributed by atoms with Crippen LogP contribution in [0.15, 0.2) is 54.6 Å². The van der Waals surface area contributed by atoms with E-state index in [4.69, 9.17) is 0 Å². The van der Waals surface area contributed by atoms with Gasteiger partial charge in [0, 0.05) is 44.5 Å². The molecule has 0 radical (unpaired) electrons. The first-order valence-electron chi connectivity index (χ1n) is 9.14. The number of carbonyl (C=O) groups excluding carboxylic acids is 1. The van der Waals surface area contributed by atoms with Gasteiger partial charge < -0.3 is 10.2 Å². The van der Waals surface area contributed by atoms with Gasteiger partial charge in [-0.15, -0.1) is 0 Å². The fourth-order valence-corrected chi connectivity index (χ4v) is 3.05. The van der Waals surface area contributed by atoms with Crippen LogP contribution < -0.4 is 5.32 Å². The number of hydrogen-bond acceptors (Lipinski definition) is 3. The average Bonchev–Trinajstić information content (AvgIpc) is 2.63. The Kier molecular flexibility index (Phi) is 6.21. The van der Waals surface area contributed by atoms with Crippen LogP contribution in [0, 0.1) is 6.92 Å². The predicted octanol–water partition coefficient (Wildman–Crippen LogP) is 3.39. The zero-order chi connectivity index (χ0) is 18.4. The molecule has 0 unspecified atom stereocenters. The van der Waals surface area contributed by atoms with Crippen LogP contribution >= 0.6 is 0 Å². The van der Waals surface area contributed by atoms with Crippen molar-refractivity contribution in [3.05, 3.63) is 71.3 Å². The molecule has 1 saturated heterocycles. The van der Waals surface area contributed by atoms with Gasteiger partial charge in [-0.2, -0.15) is 0 Å². The maximum absolute atomic E-state index is 12.2. The van der Waals surface area contributed by atoms with Crippen molar-refractivity contribution in [1.82, 2.24) is 9.80 Å². The van der Waals surface area contributed by atoms with Crippen LogP contribution in [0.1, 0.15) is 16.7 Å². The second kappa shape index (κ2) is 8.79. The highest BCUT2D eigenvalue weighted by atomic mass is 16.1. The maximum atomic E-state index is 12.2. The van der Waals surface area contributed by atoms with Gasteiger partial charge in [-0.1, -0.05) is 42.0 Å². The molecule has 1 aliphatic heterocycles. The zero-order valence-corrected chi connectivity index (χ0v) is 15.6. The number of carbonyl (C=O) groups is 1. The Balaban J connectivity index is 1.56. The summed E-state index contributed by atoms with van der Waals surface area (Å²) in [6.45, 7) is 7.38. The third-order valence-corrected chi connectivity index (χ3v) is 4.70. The number of benzene rings is 2. The first-order valence-corrected chi connectivity index (χ1v) is 9.14. The minimum Gasteiger partial charge on any atom is -0.323 e. The molecular formula is C22H27N3O. The van der Waals surface area contributed by atoms with Crippen molar-refractivity contribution in [2.45, 2.75) is 13.5 Å². The van der Waals surface area contributed by atoms with E-state index in [0.29, 0.717) is 0 Å². The lowest BCUT2D eigenvalue weighted by Crippen LogP contribution is -2.43. The van der Waals surface area contributed by atoms with E-state index < -0.39 is 0 Å². The van der Waals surface area contributed by atoms with Crippen LogP contribution in [-0.2, 0) is 11.3 Å². The number of amides is 1. The largest absolute Gasteiger partial charge is 0.323 e. The summed E-state index contributed by atoms with van der Waals surface area (Å²) in [4.78, 5) is 17.0. The molecule has 1 amide bonds. The Labute approximate surface area is 156 Å². The highest BCUT2D eigenvalue weighted by Gasteiger charge is 2.13. The number of likely N-dealkylation sites (N-methyl/N-ethyl adjacent to an activating group) is 1. The third kappa shape index (κ3) is 5.55. The van der Waals surface area contributed by atoms with Gasteiger partial charge in [-0.3, -0.25) is 9.69 Å². The Morgan fingerprint density at radius 2 is 1.81 bits per heavy atom. The van der Waals surface area contributed by atoms with E-state index in [2.05, 4.69) is 41.2 Å². The molecule has 1 heterocycles. The summed E-state index contributed by atoms with van der Waals surface area (Å²) in [6.07, 6.45) is 3.42. The number of hydrogen-bond donors (Lipinski definition) is 1. The summed E-state index contributed by atoms with van der Waals surface area (Å²) in [6, 6.07) is 16.2. The molecule has 0 atom stereocenters. The van der Waals surface area contributed by atoms with E-state index in [-0.39, 0.29) is 5.91 Å². The van der Waals surface area contributed by atoms with Crippen molar-refractivity contribution < 1.29 is 4.79 Å². The number of aryl methyl sites for hydroxylation is 1. The smallest absolute Gasteiger partial charge is 0.248 e. The lowest BCUT2D eigenvalue weighted by molar-refractivity contribution is -0.111. The summed E-state index contributed by atoms with van der Waals surface area (Å²) in [7, 11) is 2.16. The summed E-state index contributed by atoms with van der Waals surface area (Å²) >= 11 is 0. The van der Waals surface area contributed by atoms with E-state index in [0.717, 1.165) is 44.0 Å². The Morgan fingerprint density at radius 1 is 1.08 bits per heavy atom. The molecule has 4 nitrogen and oxygen atoms in total. The lowest BCUT2D eigenvalue weighted by atomic mass is 10.1. The second-order valence-corrected chi connectivity index (χ2v) is 7.01. The molecule has 0 spiro atoms. The normalized spacial score (nSPS) is 16.1. The molecule has 0 aliphatic carbocycles. The van der Waals surface area contributed by atoms with Crippen molar-refractivity contribution in [3.8, 4) is 0 Å². The standard InChI is InChI=1S/C22H27N3O/c1-18-6-8-19(9-7-18)10-11-22(26)23-21-5-3-4-20(16-21)17-25-14-12-24(2)13-15-25/h3-11,16H,12-15,17H2,1-2H3,(H,23,26)/b11-10+. The first-order chi connectivity index (χ1) is 12.6. The number of nitrogens with one attached hydrogen (secondary N) is 1. The van der Waals surface area contributed by atoms with E-state index in [1.54, 1.807) is 6.08 Å². The van der Waals surface area contributed by atoms with E-state index in [1.807, 2.05) is 42.5 Å². The summed E-state index contributed by atoms with van der Waals surface area (Å²) in [5.74, 6) is -0.109. The molecule has 1 N–H and O–H groups in total. The minimum atomic E-state index is -0.109. The molecule has 4 heteroatoms. The van der Waals surface area contributed by atoms with Crippen LogP contribution in [0.2, 0.25) is 0 Å². The van der Waals surface area contributed by atoms with Gasteiger partial charge in [0.15, 0.2) is 0 Å². The molecule has 1 aliphatic rings. The van der Waals surface area contributed by atoms with Gasteiger partial charge in [0.2, 0.25) is 5.91 Å². The van der Waals surface area contributed by atoms with Crippen molar-refractivity contribution in [3.63, 3.8) is 0 Å². The molecule has 2 aromatic rings. The minimum absolute atomic E-state index is 0.109. The fraction of sp³-hybridized carbons (Fsp3) is 0.318. The maximum Gasteiger partial charge on any atom is 0.248 e. The van der Waals surface area contributed by atoms with Crippen molar-refractivity contribution in [2.75, 3.05) is 38.5 Å². The van der Waals surface area contributed by atoms with Gasteiger partial charge in [0.05, 0.1) is 0 Å². The second-order valence-electron chi connectivity index (χ2n) is 7.01. The quantitative estimate of drug-likeness (QED) is 0.841. The topological polar surface area (TPSA) is 35.6 Å². The van der Waals surface area contributed by atoms with Gasteiger partial charge in [-0.25, -0.2) is 0 Å². The van der Waals surface area contributed by atoms with Gasteiger partial charge in [-0.05, 0) is 43.3 Å². The average molecular weight is 349 g/mol. The van der Waals surface area contributed by atoms with Crippen LogP contribution in [0.5, 0.6) is 0 Å². The Bertz CT molecular complexity index is 759. The van der Waals surface area contributed by atoms with Crippen molar-refractivity contribution in [2.24, 2.45) is 0 Å². The lowest BCUT2D eigenvalue weighted by Gasteiger charge is -2.32. The molecule has 1 fully saturated rings. The molecule has 3 rings (SSSR count). The van der Waals surface area contributed by atoms with Crippen molar-refractivity contribution >= 4 is 17.7 Å². The van der Waals surface area contributed by atoms with Crippen molar-refractivity contribution in [1.29, 1.82) is 0 Å². The summed E-state index contributed by atoms with van der Waals surface area (Å²) < 4.78 is 0. The van der Waals surface area contributed by atoms with Gasteiger partial charge in [0.25, 0.3) is 0 Å². The Morgan fingerprint density at radius 3 is 2.54 bits per heavy atom. The summed E-state index contributed by atoms with van der Waals surface area (Å²) in [5, 5.41) is 2.96. The van der Waals surface area contributed by atoms with E-state index in [9.17, 15) is 4.79 Å². The molecule has 136 valence electrons. The van der Waals surface area contributed by atoms with Gasteiger partial charge in [0.1, 0.15) is 0 Å².